The lowest BCUT2D eigenvalue weighted by Gasteiger charge is -2.09. The Morgan fingerprint density at radius 3 is 2.82 bits per heavy atom. The van der Waals surface area contributed by atoms with Crippen LogP contribution in [0, 0.1) is 0 Å². The van der Waals surface area contributed by atoms with Gasteiger partial charge >= 0.3 is 5.69 Å². The molecule has 0 unspecified atom stereocenters. The number of aromatic nitrogens is 3. The quantitative estimate of drug-likeness (QED) is 0.590. The molecule has 1 aliphatic rings. The lowest BCUT2D eigenvalue weighted by molar-refractivity contribution is 0.0949. The molecule has 28 heavy (non-hydrogen) atoms. The van der Waals surface area contributed by atoms with Gasteiger partial charge in [0.2, 0.25) is 5.82 Å². The van der Waals surface area contributed by atoms with E-state index < -0.39 is 0 Å². The van der Waals surface area contributed by atoms with Gasteiger partial charge in [-0.1, -0.05) is 19.1 Å². The summed E-state index contributed by atoms with van der Waals surface area (Å²) in [5.74, 6) is 1.89. The Bertz CT molecular complexity index is 1020. The summed E-state index contributed by atoms with van der Waals surface area (Å²) < 4.78 is 8.54. The van der Waals surface area contributed by atoms with Crippen LogP contribution in [0.5, 0.6) is 0 Å². The number of nitrogens with zero attached hydrogens (tertiary/aromatic N) is 3. The van der Waals surface area contributed by atoms with Gasteiger partial charge in [-0.15, -0.1) is 16.9 Å². The van der Waals surface area contributed by atoms with E-state index in [1.807, 2.05) is 24.3 Å². The molecule has 1 aliphatic carbocycles. The molecule has 1 fully saturated rings. The van der Waals surface area contributed by atoms with E-state index >= 15 is 0 Å². The van der Waals surface area contributed by atoms with Crippen molar-refractivity contribution >= 4 is 17.7 Å². The predicted octanol–water partition coefficient (Wildman–Crippen LogP) is 3.18. The molecule has 1 N–H and O–H groups in total. The van der Waals surface area contributed by atoms with E-state index in [0.29, 0.717) is 30.2 Å². The van der Waals surface area contributed by atoms with Gasteiger partial charge in [-0.2, -0.15) is 0 Å². The monoisotopic (exact) mass is 398 g/mol. The van der Waals surface area contributed by atoms with Gasteiger partial charge in [0.05, 0.1) is 18.4 Å². The summed E-state index contributed by atoms with van der Waals surface area (Å²) in [6, 6.07) is 11.3. The fourth-order valence-corrected chi connectivity index (χ4v) is 3.91. The maximum Gasteiger partial charge on any atom is 0.346 e. The minimum absolute atomic E-state index is 0.141. The Labute approximate surface area is 166 Å². The van der Waals surface area contributed by atoms with Crippen molar-refractivity contribution < 1.29 is 9.21 Å². The van der Waals surface area contributed by atoms with Crippen LogP contribution in [0.1, 0.15) is 36.2 Å². The van der Waals surface area contributed by atoms with E-state index in [1.165, 1.54) is 4.68 Å². The van der Waals surface area contributed by atoms with Gasteiger partial charge < -0.3 is 9.73 Å². The second-order valence-corrected chi connectivity index (χ2v) is 7.90. The molecule has 1 aromatic carbocycles. The van der Waals surface area contributed by atoms with Crippen molar-refractivity contribution in [2.75, 3.05) is 12.3 Å². The molecule has 3 aromatic rings. The van der Waals surface area contributed by atoms with Crippen LogP contribution in [-0.2, 0) is 6.54 Å². The van der Waals surface area contributed by atoms with E-state index in [0.717, 1.165) is 23.5 Å². The van der Waals surface area contributed by atoms with Crippen LogP contribution < -0.4 is 11.0 Å². The first-order valence-electron chi connectivity index (χ1n) is 9.42. The zero-order valence-corrected chi connectivity index (χ0v) is 16.4. The zero-order chi connectivity index (χ0) is 19.5. The Morgan fingerprint density at radius 2 is 2.11 bits per heavy atom. The molecule has 0 bridgehead atoms. The number of amides is 1. The number of furan rings is 1. The molecule has 1 saturated carbocycles. The lowest BCUT2D eigenvalue weighted by Crippen LogP contribution is -2.32. The van der Waals surface area contributed by atoms with Gasteiger partial charge in [-0.05, 0) is 42.9 Å². The normalized spacial score (nSPS) is 13.6. The summed E-state index contributed by atoms with van der Waals surface area (Å²) >= 11 is 1.63. The van der Waals surface area contributed by atoms with Crippen LogP contribution >= 0.6 is 11.8 Å². The second-order valence-electron chi connectivity index (χ2n) is 6.59. The number of thioether (sulfide) groups is 1. The van der Waals surface area contributed by atoms with E-state index in [9.17, 15) is 9.59 Å². The van der Waals surface area contributed by atoms with Crippen LogP contribution in [0.3, 0.4) is 0 Å². The topological polar surface area (TPSA) is 82.1 Å². The highest BCUT2D eigenvalue weighted by atomic mass is 32.2. The predicted molar refractivity (Wildman–Crippen MR) is 108 cm³/mol. The Hall–Kier alpha value is -2.74. The van der Waals surface area contributed by atoms with Crippen LogP contribution in [0.2, 0.25) is 0 Å². The van der Waals surface area contributed by atoms with Crippen LogP contribution in [0.15, 0.2) is 56.8 Å². The van der Waals surface area contributed by atoms with E-state index in [1.54, 1.807) is 34.7 Å². The minimum Gasteiger partial charge on any atom is -0.461 e. The molecule has 7 nitrogen and oxygen atoms in total. The zero-order valence-electron chi connectivity index (χ0n) is 15.6. The average Bonchev–Trinajstić information content (AvgIpc) is 3.27. The molecule has 0 radical (unpaired) electrons. The first-order chi connectivity index (χ1) is 13.7. The van der Waals surface area contributed by atoms with Crippen molar-refractivity contribution in [1.82, 2.24) is 19.7 Å². The maximum absolute atomic E-state index is 12.8. The molecule has 2 aromatic heterocycles. The van der Waals surface area contributed by atoms with Gasteiger partial charge in [0.1, 0.15) is 0 Å². The third-order valence-electron chi connectivity index (χ3n) is 4.56. The number of benzene rings is 1. The number of hydrogen-bond donors (Lipinski definition) is 1. The first-order valence-corrected chi connectivity index (χ1v) is 10.4. The molecule has 4 rings (SSSR count). The first kappa shape index (κ1) is 18.6. The summed E-state index contributed by atoms with van der Waals surface area (Å²) in [6.07, 6.45) is 3.52. The SMILES string of the molecule is CCSc1ccccc1C(=O)NCCn1nc(-c2ccco2)n(C2CC2)c1=O. The van der Waals surface area contributed by atoms with Gasteiger partial charge in [0.15, 0.2) is 5.76 Å². The maximum atomic E-state index is 12.8. The number of carbonyl (C=O) groups is 1. The van der Waals surface area contributed by atoms with Crippen molar-refractivity contribution in [2.24, 2.45) is 0 Å². The number of rotatable bonds is 8. The largest absolute Gasteiger partial charge is 0.461 e. The summed E-state index contributed by atoms with van der Waals surface area (Å²) in [5.41, 5.74) is 0.492. The second kappa shape index (κ2) is 8.10. The van der Waals surface area contributed by atoms with Gasteiger partial charge in [0, 0.05) is 17.5 Å². The molecule has 0 spiro atoms. The smallest absolute Gasteiger partial charge is 0.346 e. The number of hydrogen-bond acceptors (Lipinski definition) is 5. The van der Waals surface area contributed by atoms with Gasteiger partial charge in [-0.25, -0.2) is 9.48 Å². The molecule has 2 heterocycles. The highest BCUT2D eigenvalue weighted by Crippen LogP contribution is 2.36. The summed E-state index contributed by atoms with van der Waals surface area (Å²) in [5, 5.41) is 7.35. The van der Waals surface area contributed by atoms with Crippen molar-refractivity contribution in [3.05, 3.63) is 58.7 Å². The fourth-order valence-electron chi connectivity index (χ4n) is 3.11. The van der Waals surface area contributed by atoms with E-state index in [4.69, 9.17) is 4.42 Å². The molecule has 8 heteroatoms. The van der Waals surface area contributed by atoms with Crippen molar-refractivity contribution in [1.29, 1.82) is 0 Å². The van der Waals surface area contributed by atoms with E-state index in [2.05, 4.69) is 17.3 Å². The fraction of sp³-hybridized carbons (Fsp3) is 0.350. The lowest BCUT2D eigenvalue weighted by atomic mass is 10.2. The molecule has 146 valence electrons. The molecule has 1 amide bonds. The van der Waals surface area contributed by atoms with Gasteiger partial charge in [-0.3, -0.25) is 9.36 Å². The average molecular weight is 398 g/mol. The standard InChI is InChI=1S/C20H22N4O3S/c1-2-28-17-8-4-3-6-15(17)19(25)21-11-12-23-20(26)24(14-9-10-14)18(22-23)16-7-5-13-27-16/h3-8,13-14H,2,9-12H2,1H3,(H,21,25). The minimum atomic E-state index is -0.162. The Balaban J connectivity index is 1.47. The van der Waals surface area contributed by atoms with Crippen LogP contribution in [-0.4, -0.2) is 32.6 Å². The number of carbonyl (C=O) groups excluding carboxylic acids is 1. The van der Waals surface area contributed by atoms with Crippen LogP contribution in [0.25, 0.3) is 11.6 Å². The molecular formula is C20H22N4O3S. The van der Waals surface area contributed by atoms with Gasteiger partial charge in [0.25, 0.3) is 5.91 Å². The Kier molecular flexibility index (Phi) is 5.38. The van der Waals surface area contributed by atoms with Crippen LogP contribution in [0.4, 0.5) is 0 Å². The summed E-state index contributed by atoms with van der Waals surface area (Å²) in [4.78, 5) is 26.3. The summed E-state index contributed by atoms with van der Waals surface area (Å²) in [7, 11) is 0. The molecule has 0 saturated heterocycles. The van der Waals surface area contributed by atoms with E-state index in [-0.39, 0.29) is 17.6 Å². The third-order valence-corrected chi connectivity index (χ3v) is 5.52. The highest BCUT2D eigenvalue weighted by Gasteiger charge is 2.31. The highest BCUT2D eigenvalue weighted by molar-refractivity contribution is 7.99. The number of nitrogens with one attached hydrogen (secondary N) is 1. The molecule has 0 atom stereocenters. The van der Waals surface area contributed by atoms with Crippen molar-refractivity contribution in [3.8, 4) is 11.6 Å². The van der Waals surface area contributed by atoms with Crippen molar-refractivity contribution in [3.63, 3.8) is 0 Å². The molecule has 0 aliphatic heterocycles. The molecular weight excluding hydrogens is 376 g/mol. The summed E-state index contributed by atoms with van der Waals surface area (Å²) in [6.45, 7) is 2.68. The Morgan fingerprint density at radius 1 is 1.29 bits per heavy atom. The van der Waals surface area contributed by atoms with Crippen molar-refractivity contribution in [2.45, 2.75) is 37.2 Å². The third kappa shape index (κ3) is 3.77.